The first-order chi connectivity index (χ1) is 7.95. The van der Waals surface area contributed by atoms with Crippen molar-refractivity contribution in [3.63, 3.8) is 0 Å². The van der Waals surface area contributed by atoms with E-state index in [1.165, 1.54) is 0 Å². The lowest BCUT2D eigenvalue weighted by atomic mass is 10.1. The van der Waals surface area contributed by atoms with Gasteiger partial charge in [-0.2, -0.15) is 13.2 Å². The number of aromatic amines is 1. The largest absolute Gasteiger partial charge is 0.432 e. The molecule has 0 bridgehead atoms. The predicted octanol–water partition coefficient (Wildman–Crippen LogP) is 3.34. The summed E-state index contributed by atoms with van der Waals surface area (Å²) in [6.07, 6.45) is -3.98. The minimum Gasteiger partial charge on any atom is -0.350 e. The summed E-state index contributed by atoms with van der Waals surface area (Å²) in [5, 5.41) is 0.128. The van der Waals surface area contributed by atoms with Gasteiger partial charge in [-0.15, -0.1) is 0 Å². The van der Waals surface area contributed by atoms with Crippen molar-refractivity contribution >= 4 is 22.5 Å². The number of aromatic nitrogens is 1. The van der Waals surface area contributed by atoms with E-state index >= 15 is 0 Å². The van der Waals surface area contributed by atoms with Gasteiger partial charge in [0.1, 0.15) is 5.69 Å². The van der Waals surface area contributed by atoms with E-state index in [0.29, 0.717) is 23.9 Å². The van der Waals surface area contributed by atoms with Crippen molar-refractivity contribution in [2.75, 3.05) is 6.54 Å². The van der Waals surface area contributed by atoms with Crippen molar-refractivity contribution in [3.05, 3.63) is 34.5 Å². The SMILES string of the molecule is NCCc1cccc2[nH]c(C(F)(F)F)c(Cl)c12. The zero-order chi connectivity index (χ0) is 12.6. The van der Waals surface area contributed by atoms with E-state index < -0.39 is 11.9 Å². The summed E-state index contributed by atoms with van der Waals surface area (Å²) in [5.41, 5.74) is 5.62. The Morgan fingerprint density at radius 2 is 2.00 bits per heavy atom. The molecule has 17 heavy (non-hydrogen) atoms. The van der Waals surface area contributed by atoms with Gasteiger partial charge in [0.2, 0.25) is 0 Å². The maximum absolute atomic E-state index is 12.7. The molecular formula is C11H10ClF3N2. The minimum absolute atomic E-state index is 0.281. The van der Waals surface area contributed by atoms with Crippen LogP contribution in [0.4, 0.5) is 13.2 Å². The second-order valence-electron chi connectivity index (χ2n) is 3.69. The topological polar surface area (TPSA) is 41.8 Å². The molecular weight excluding hydrogens is 253 g/mol. The van der Waals surface area contributed by atoms with Crippen molar-refractivity contribution < 1.29 is 13.2 Å². The van der Waals surface area contributed by atoms with E-state index in [4.69, 9.17) is 17.3 Å². The molecule has 2 aromatic rings. The molecule has 1 aromatic carbocycles. The van der Waals surface area contributed by atoms with Crippen LogP contribution in [0.3, 0.4) is 0 Å². The van der Waals surface area contributed by atoms with Crippen molar-refractivity contribution in [3.8, 4) is 0 Å². The van der Waals surface area contributed by atoms with Crippen LogP contribution in [-0.4, -0.2) is 11.5 Å². The number of hydrogen-bond donors (Lipinski definition) is 2. The number of nitrogens with two attached hydrogens (primary N) is 1. The standard InChI is InChI=1S/C11H10ClF3N2/c12-9-8-6(4-5-16)2-1-3-7(8)17-10(9)11(13,14)15/h1-3,17H,4-5,16H2. The molecule has 1 heterocycles. The summed E-state index contributed by atoms with van der Waals surface area (Å²) in [7, 11) is 0. The fraction of sp³-hybridized carbons (Fsp3) is 0.273. The average molecular weight is 263 g/mol. The first kappa shape index (κ1) is 12.3. The lowest BCUT2D eigenvalue weighted by Gasteiger charge is -2.04. The second kappa shape index (κ2) is 4.23. The van der Waals surface area contributed by atoms with Crippen molar-refractivity contribution in [1.82, 2.24) is 4.98 Å². The van der Waals surface area contributed by atoms with Crippen LogP contribution in [0.25, 0.3) is 10.9 Å². The van der Waals surface area contributed by atoms with E-state index in [1.807, 2.05) is 0 Å². The molecule has 92 valence electrons. The summed E-state index contributed by atoms with van der Waals surface area (Å²) in [5.74, 6) is 0. The lowest BCUT2D eigenvalue weighted by Crippen LogP contribution is -2.05. The van der Waals surface area contributed by atoms with E-state index in [9.17, 15) is 13.2 Å². The molecule has 0 radical (unpaired) electrons. The van der Waals surface area contributed by atoms with Crippen molar-refractivity contribution in [1.29, 1.82) is 0 Å². The number of rotatable bonds is 2. The Bertz CT molecular complexity index is 545. The first-order valence-corrected chi connectivity index (χ1v) is 5.39. The van der Waals surface area contributed by atoms with E-state index in [-0.39, 0.29) is 5.02 Å². The maximum Gasteiger partial charge on any atom is 0.432 e. The van der Waals surface area contributed by atoms with Gasteiger partial charge in [0.25, 0.3) is 0 Å². The van der Waals surface area contributed by atoms with Gasteiger partial charge in [-0.1, -0.05) is 23.7 Å². The molecule has 0 spiro atoms. The minimum atomic E-state index is -4.48. The number of halogens is 4. The van der Waals surface area contributed by atoms with Gasteiger partial charge in [0.15, 0.2) is 0 Å². The summed E-state index contributed by atoms with van der Waals surface area (Å²) in [4.78, 5) is 2.30. The number of benzene rings is 1. The van der Waals surface area contributed by atoms with Gasteiger partial charge in [-0.05, 0) is 24.6 Å². The van der Waals surface area contributed by atoms with Crippen LogP contribution in [-0.2, 0) is 12.6 Å². The highest BCUT2D eigenvalue weighted by molar-refractivity contribution is 6.36. The third-order valence-electron chi connectivity index (χ3n) is 2.55. The molecule has 0 unspecified atom stereocenters. The van der Waals surface area contributed by atoms with Gasteiger partial charge in [0, 0.05) is 10.9 Å². The Labute approximate surface area is 101 Å². The van der Waals surface area contributed by atoms with Crippen LogP contribution in [0.1, 0.15) is 11.3 Å². The Kier molecular flexibility index (Phi) is 3.05. The molecule has 6 heteroatoms. The van der Waals surface area contributed by atoms with E-state index in [2.05, 4.69) is 4.98 Å². The highest BCUT2D eigenvalue weighted by Gasteiger charge is 2.36. The number of alkyl halides is 3. The fourth-order valence-corrected chi connectivity index (χ4v) is 2.21. The molecule has 0 fully saturated rings. The second-order valence-corrected chi connectivity index (χ2v) is 4.07. The van der Waals surface area contributed by atoms with E-state index in [0.717, 1.165) is 5.56 Å². The van der Waals surface area contributed by atoms with Crippen LogP contribution in [0.15, 0.2) is 18.2 Å². The number of fused-ring (bicyclic) bond motifs is 1. The highest BCUT2D eigenvalue weighted by Crippen LogP contribution is 2.39. The zero-order valence-electron chi connectivity index (χ0n) is 8.74. The summed E-state index contributed by atoms with van der Waals surface area (Å²) in [6.45, 7) is 0.363. The van der Waals surface area contributed by atoms with Gasteiger partial charge in [0.05, 0.1) is 5.02 Å². The molecule has 2 rings (SSSR count). The zero-order valence-corrected chi connectivity index (χ0v) is 9.49. The Balaban J connectivity index is 2.70. The predicted molar refractivity (Wildman–Crippen MR) is 61.1 cm³/mol. The van der Waals surface area contributed by atoms with Crippen LogP contribution in [0, 0.1) is 0 Å². The maximum atomic E-state index is 12.7. The van der Waals surface area contributed by atoms with Crippen molar-refractivity contribution in [2.45, 2.75) is 12.6 Å². The van der Waals surface area contributed by atoms with Gasteiger partial charge in [-0.3, -0.25) is 0 Å². The third-order valence-corrected chi connectivity index (χ3v) is 2.92. The van der Waals surface area contributed by atoms with Gasteiger partial charge < -0.3 is 10.7 Å². The van der Waals surface area contributed by atoms with E-state index in [1.54, 1.807) is 18.2 Å². The molecule has 0 saturated heterocycles. The number of hydrogen-bond acceptors (Lipinski definition) is 1. The molecule has 0 atom stereocenters. The monoisotopic (exact) mass is 262 g/mol. The molecule has 0 aliphatic carbocycles. The molecule has 0 aliphatic heterocycles. The Hall–Kier alpha value is -1.20. The molecule has 0 aliphatic rings. The quantitative estimate of drug-likeness (QED) is 0.856. The molecule has 0 amide bonds. The van der Waals surface area contributed by atoms with Crippen LogP contribution in [0.5, 0.6) is 0 Å². The average Bonchev–Trinajstić information content (AvgIpc) is 2.57. The van der Waals surface area contributed by atoms with Gasteiger partial charge >= 0.3 is 6.18 Å². The van der Waals surface area contributed by atoms with Crippen molar-refractivity contribution in [2.24, 2.45) is 5.73 Å². The number of H-pyrrole nitrogens is 1. The van der Waals surface area contributed by atoms with Crippen LogP contribution < -0.4 is 5.73 Å². The molecule has 0 saturated carbocycles. The Morgan fingerprint density at radius 3 is 2.59 bits per heavy atom. The summed E-state index contributed by atoms with van der Waals surface area (Å²) >= 11 is 5.79. The smallest absolute Gasteiger partial charge is 0.350 e. The summed E-state index contributed by atoms with van der Waals surface area (Å²) in [6, 6.07) is 4.98. The molecule has 3 N–H and O–H groups in total. The normalized spacial score (nSPS) is 12.3. The Morgan fingerprint density at radius 1 is 1.29 bits per heavy atom. The first-order valence-electron chi connectivity index (χ1n) is 5.01. The molecule has 2 nitrogen and oxygen atoms in total. The fourth-order valence-electron chi connectivity index (χ4n) is 1.84. The highest BCUT2D eigenvalue weighted by atomic mass is 35.5. The van der Waals surface area contributed by atoms with Crippen LogP contribution >= 0.6 is 11.6 Å². The number of nitrogens with one attached hydrogen (secondary N) is 1. The summed E-state index contributed by atoms with van der Waals surface area (Å²) < 4.78 is 38.0. The lowest BCUT2D eigenvalue weighted by molar-refractivity contribution is -0.140. The molecule has 1 aromatic heterocycles. The van der Waals surface area contributed by atoms with Gasteiger partial charge in [-0.25, -0.2) is 0 Å². The third kappa shape index (κ3) is 2.12. The van der Waals surface area contributed by atoms with Crippen LogP contribution in [0.2, 0.25) is 5.02 Å².